The van der Waals surface area contributed by atoms with Gasteiger partial charge in [0.15, 0.2) is 5.65 Å². The minimum atomic E-state index is -4.03. The number of anilines is 1. The number of aryl methyl sites for hydroxylation is 1. The largest absolute Gasteiger partial charge is 0.396 e. The monoisotopic (exact) mass is 525 g/mol. The second kappa shape index (κ2) is 9.67. The molecule has 1 amide bonds. The third-order valence-corrected chi connectivity index (χ3v) is 8.41. The van der Waals surface area contributed by atoms with E-state index in [-0.39, 0.29) is 41.2 Å². The van der Waals surface area contributed by atoms with Gasteiger partial charge in [-0.15, -0.1) is 0 Å². The first kappa shape index (κ1) is 24.5. The van der Waals surface area contributed by atoms with E-state index >= 15 is 0 Å². The number of hydrogen-bond donors (Lipinski definition) is 1. The molecule has 8 nitrogen and oxygen atoms in total. The fraction of sp³-hybridized carbons (Fsp3) is 0.231. The second-order valence-electron chi connectivity index (χ2n) is 8.57. The number of aliphatic hydroxyl groups excluding tert-OH is 1. The highest BCUT2D eigenvalue weighted by atomic mass is 35.5. The normalized spacial score (nSPS) is 14.5. The number of nitrogens with zero attached hydrogens (tertiary/aromatic N) is 3. The van der Waals surface area contributed by atoms with Crippen molar-refractivity contribution in [2.75, 3.05) is 31.3 Å². The van der Waals surface area contributed by atoms with E-state index in [1.807, 2.05) is 37.3 Å². The Morgan fingerprint density at radius 3 is 2.61 bits per heavy atom. The number of aliphatic hydroxyl groups is 1. The maximum Gasteiger partial charge on any atom is 0.270 e. The van der Waals surface area contributed by atoms with Crippen LogP contribution in [0.2, 0.25) is 5.15 Å². The van der Waals surface area contributed by atoms with Crippen LogP contribution in [0.5, 0.6) is 0 Å². The third-order valence-electron chi connectivity index (χ3n) is 6.21. The SMILES string of the molecule is Cc1ccc(S(=O)(=O)n2c(Cl)c(CCO)c3cc(-c4cccc(N5CCOCC5=O)c4)cnc32)cc1. The van der Waals surface area contributed by atoms with Crippen LogP contribution in [0, 0.1) is 6.92 Å². The van der Waals surface area contributed by atoms with Gasteiger partial charge in [0.25, 0.3) is 15.9 Å². The molecule has 10 heteroatoms. The molecule has 0 atom stereocenters. The van der Waals surface area contributed by atoms with Crippen LogP contribution in [0.3, 0.4) is 0 Å². The Hall–Kier alpha value is -3.24. The summed E-state index contributed by atoms with van der Waals surface area (Å²) in [5.74, 6) is -0.109. The lowest BCUT2D eigenvalue weighted by Gasteiger charge is -2.27. The Kier molecular flexibility index (Phi) is 6.57. The molecule has 0 radical (unpaired) electrons. The van der Waals surface area contributed by atoms with Crippen molar-refractivity contribution in [2.24, 2.45) is 0 Å². The number of halogens is 1. The summed E-state index contributed by atoms with van der Waals surface area (Å²) in [5.41, 5.74) is 3.90. The van der Waals surface area contributed by atoms with E-state index in [1.165, 1.54) is 12.1 Å². The molecule has 1 aliphatic rings. The van der Waals surface area contributed by atoms with Crippen molar-refractivity contribution in [2.45, 2.75) is 18.2 Å². The summed E-state index contributed by atoms with van der Waals surface area (Å²) in [7, 11) is -4.03. The second-order valence-corrected chi connectivity index (χ2v) is 10.7. The molecule has 2 aromatic carbocycles. The van der Waals surface area contributed by atoms with Crippen molar-refractivity contribution < 1.29 is 23.1 Å². The van der Waals surface area contributed by atoms with E-state index in [0.29, 0.717) is 24.1 Å². The van der Waals surface area contributed by atoms with Gasteiger partial charge in [0.1, 0.15) is 11.8 Å². The van der Waals surface area contributed by atoms with E-state index in [2.05, 4.69) is 4.98 Å². The van der Waals surface area contributed by atoms with Gasteiger partial charge >= 0.3 is 0 Å². The minimum absolute atomic E-state index is 0.00283. The Morgan fingerprint density at radius 2 is 1.89 bits per heavy atom. The number of fused-ring (bicyclic) bond motifs is 1. The molecule has 36 heavy (non-hydrogen) atoms. The van der Waals surface area contributed by atoms with E-state index in [0.717, 1.165) is 26.4 Å². The van der Waals surface area contributed by atoms with Crippen LogP contribution in [0.25, 0.3) is 22.2 Å². The first-order chi connectivity index (χ1) is 17.3. The first-order valence-electron chi connectivity index (χ1n) is 11.4. The maximum atomic E-state index is 13.5. The summed E-state index contributed by atoms with van der Waals surface area (Å²) in [6, 6.07) is 15.8. The lowest BCUT2D eigenvalue weighted by Crippen LogP contribution is -2.41. The molecule has 186 valence electrons. The maximum absolute atomic E-state index is 13.5. The topological polar surface area (TPSA) is 102 Å². The third kappa shape index (κ3) is 4.28. The van der Waals surface area contributed by atoms with Gasteiger partial charge < -0.3 is 14.7 Å². The van der Waals surface area contributed by atoms with Gasteiger partial charge in [-0.25, -0.2) is 17.4 Å². The van der Waals surface area contributed by atoms with Gasteiger partial charge in [0.05, 0.1) is 11.5 Å². The highest BCUT2D eigenvalue weighted by Crippen LogP contribution is 2.36. The summed E-state index contributed by atoms with van der Waals surface area (Å²) in [6.07, 6.45) is 1.75. The fourth-order valence-electron chi connectivity index (χ4n) is 4.36. The molecule has 4 aromatic rings. The Morgan fingerprint density at radius 1 is 1.11 bits per heavy atom. The molecule has 1 aliphatic heterocycles. The van der Waals surface area contributed by atoms with Crippen LogP contribution in [0.15, 0.2) is 65.7 Å². The van der Waals surface area contributed by atoms with E-state index in [1.54, 1.807) is 23.2 Å². The van der Waals surface area contributed by atoms with Gasteiger partial charge in [-0.3, -0.25) is 4.79 Å². The standard InChI is InChI=1S/C26H24ClN3O5S/c1-17-5-7-21(8-6-17)36(33,34)30-25(27)22(9-11-31)23-14-19(15-28-26(23)30)18-3-2-4-20(13-18)29-10-12-35-16-24(29)32/h2-8,13-15,31H,9-12,16H2,1H3. The van der Waals surface area contributed by atoms with Crippen molar-refractivity contribution >= 4 is 44.3 Å². The van der Waals surface area contributed by atoms with Crippen LogP contribution in [0.4, 0.5) is 5.69 Å². The highest BCUT2D eigenvalue weighted by molar-refractivity contribution is 7.90. The molecule has 0 bridgehead atoms. The van der Waals surface area contributed by atoms with Crippen LogP contribution < -0.4 is 4.90 Å². The molecule has 1 N–H and O–H groups in total. The minimum Gasteiger partial charge on any atom is -0.396 e. The molecule has 0 spiro atoms. The van der Waals surface area contributed by atoms with Gasteiger partial charge in [-0.05, 0) is 49.2 Å². The van der Waals surface area contributed by atoms with Gasteiger partial charge in [0.2, 0.25) is 0 Å². The van der Waals surface area contributed by atoms with Crippen LogP contribution in [-0.2, 0) is 26.0 Å². The van der Waals surface area contributed by atoms with E-state index < -0.39 is 10.0 Å². The number of rotatable bonds is 6. The fourth-order valence-corrected chi connectivity index (χ4v) is 6.29. The van der Waals surface area contributed by atoms with E-state index in [9.17, 15) is 18.3 Å². The number of pyridine rings is 1. The lowest BCUT2D eigenvalue weighted by atomic mass is 10.0. The number of hydrogen-bond acceptors (Lipinski definition) is 6. The predicted molar refractivity (Wildman–Crippen MR) is 138 cm³/mol. The zero-order valence-corrected chi connectivity index (χ0v) is 21.1. The molecule has 0 unspecified atom stereocenters. The number of morpholine rings is 1. The molecule has 1 fully saturated rings. The van der Waals surface area contributed by atoms with Crippen LogP contribution in [-0.4, -0.2) is 54.8 Å². The summed E-state index contributed by atoms with van der Waals surface area (Å²) in [4.78, 5) is 18.6. The molecule has 1 saturated heterocycles. The highest BCUT2D eigenvalue weighted by Gasteiger charge is 2.27. The molecule has 3 heterocycles. The van der Waals surface area contributed by atoms with Gasteiger partial charge in [-0.1, -0.05) is 41.4 Å². The smallest absolute Gasteiger partial charge is 0.270 e. The number of amides is 1. The zero-order chi connectivity index (χ0) is 25.4. The number of ether oxygens (including phenoxy) is 1. The van der Waals surface area contributed by atoms with Crippen LogP contribution in [0.1, 0.15) is 11.1 Å². The average Bonchev–Trinajstić information content (AvgIpc) is 3.16. The van der Waals surface area contributed by atoms with Crippen molar-refractivity contribution in [3.05, 3.63) is 77.1 Å². The Bertz CT molecular complexity index is 1560. The quantitative estimate of drug-likeness (QED) is 0.411. The molecular formula is C26H24ClN3O5S. The Labute approximate surface area is 213 Å². The molecule has 5 rings (SSSR count). The molecule has 0 saturated carbocycles. The van der Waals surface area contributed by atoms with Gasteiger partial charge in [-0.2, -0.15) is 0 Å². The summed E-state index contributed by atoms with van der Waals surface area (Å²) < 4.78 is 33.3. The number of benzene rings is 2. The Balaban J connectivity index is 1.64. The summed E-state index contributed by atoms with van der Waals surface area (Å²) in [5, 5.41) is 10.2. The molecule has 2 aromatic heterocycles. The van der Waals surface area contributed by atoms with Crippen molar-refractivity contribution in [1.82, 2.24) is 8.96 Å². The number of carbonyl (C=O) groups excluding carboxylic acids is 1. The van der Waals surface area contributed by atoms with E-state index in [4.69, 9.17) is 16.3 Å². The number of carbonyl (C=O) groups is 1. The van der Waals surface area contributed by atoms with Crippen molar-refractivity contribution in [1.29, 1.82) is 0 Å². The summed E-state index contributed by atoms with van der Waals surface area (Å²) >= 11 is 6.61. The first-order valence-corrected chi connectivity index (χ1v) is 13.2. The van der Waals surface area contributed by atoms with Crippen molar-refractivity contribution in [3.8, 4) is 11.1 Å². The lowest BCUT2D eigenvalue weighted by molar-refractivity contribution is -0.125. The number of aromatic nitrogens is 2. The predicted octanol–water partition coefficient (Wildman–Crippen LogP) is 3.80. The van der Waals surface area contributed by atoms with Crippen LogP contribution >= 0.6 is 11.6 Å². The average molecular weight is 526 g/mol. The zero-order valence-electron chi connectivity index (χ0n) is 19.5. The van der Waals surface area contributed by atoms with Gasteiger partial charge in [0, 0.05) is 41.5 Å². The van der Waals surface area contributed by atoms with Crippen molar-refractivity contribution in [3.63, 3.8) is 0 Å². The molecule has 0 aliphatic carbocycles. The molecular weight excluding hydrogens is 502 g/mol. The summed E-state index contributed by atoms with van der Waals surface area (Å²) in [6.45, 7) is 2.65.